The number of thioether (sulfide) groups is 1. The highest BCUT2D eigenvalue weighted by molar-refractivity contribution is 7.98. The minimum absolute atomic E-state index is 0.352. The number of rotatable bonds is 5. The molecule has 0 saturated carbocycles. The molecule has 0 aliphatic rings. The molecule has 0 saturated heterocycles. The summed E-state index contributed by atoms with van der Waals surface area (Å²) in [5, 5.41) is 4.74. The first-order valence-electron chi connectivity index (χ1n) is 6.44. The van der Waals surface area contributed by atoms with Crippen LogP contribution in [0.5, 0.6) is 0 Å². The SMILES string of the molecule is CNC(C)c1cccc(SCc2cc(Cl)ccc2Cl)c1. The first kappa shape index (κ1) is 15.7. The first-order valence-corrected chi connectivity index (χ1v) is 8.18. The Hall–Kier alpha value is -0.670. The van der Waals surface area contributed by atoms with E-state index in [1.807, 2.05) is 25.2 Å². The molecule has 2 rings (SSSR count). The maximum absolute atomic E-state index is 6.18. The van der Waals surface area contributed by atoms with Gasteiger partial charge in [0.15, 0.2) is 0 Å². The molecular weight excluding hydrogens is 309 g/mol. The fourth-order valence-corrected chi connectivity index (χ4v) is 3.27. The first-order chi connectivity index (χ1) is 9.60. The van der Waals surface area contributed by atoms with Gasteiger partial charge in [-0.2, -0.15) is 0 Å². The van der Waals surface area contributed by atoms with Gasteiger partial charge in [-0.05, 0) is 55.4 Å². The highest BCUT2D eigenvalue weighted by atomic mass is 35.5. The van der Waals surface area contributed by atoms with E-state index in [1.165, 1.54) is 10.5 Å². The van der Waals surface area contributed by atoms with Crippen molar-refractivity contribution in [2.45, 2.75) is 23.6 Å². The van der Waals surface area contributed by atoms with Crippen LogP contribution in [0, 0.1) is 0 Å². The van der Waals surface area contributed by atoms with E-state index in [0.717, 1.165) is 21.4 Å². The van der Waals surface area contributed by atoms with Crippen LogP contribution >= 0.6 is 35.0 Å². The van der Waals surface area contributed by atoms with Crippen LogP contribution in [0.4, 0.5) is 0 Å². The second-order valence-electron chi connectivity index (χ2n) is 4.61. The van der Waals surface area contributed by atoms with Crippen molar-refractivity contribution in [2.24, 2.45) is 0 Å². The molecule has 1 nitrogen and oxygen atoms in total. The molecule has 1 N–H and O–H groups in total. The van der Waals surface area contributed by atoms with Crippen LogP contribution in [0.3, 0.4) is 0 Å². The molecule has 0 aromatic heterocycles. The summed E-state index contributed by atoms with van der Waals surface area (Å²) in [6, 6.07) is 14.5. The zero-order chi connectivity index (χ0) is 14.5. The minimum atomic E-state index is 0.352. The van der Waals surface area contributed by atoms with Crippen molar-refractivity contribution in [2.75, 3.05) is 7.05 Å². The average molecular weight is 326 g/mol. The van der Waals surface area contributed by atoms with E-state index in [1.54, 1.807) is 11.8 Å². The minimum Gasteiger partial charge on any atom is -0.313 e. The molecule has 2 aromatic rings. The highest BCUT2D eigenvalue weighted by Crippen LogP contribution is 2.29. The van der Waals surface area contributed by atoms with Crippen LogP contribution in [-0.2, 0) is 5.75 Å². The molecule has 0 aliphatic carbocycles. The maximum Gasteiger partial charge on any atom is 0.0447 e. The Morgan fingerprint density at radius 2 is 1.95 bits per heavy atom. The topological polar surface area (TPSA) is 12.0 Å². The van der Waals surface area contributed by atoms with Crippen LogP contribution in [0.2, 0.25) is 10.0 Å². The highest BCUT2D eigenvalue weighted by Gasteiger charge is 2.05. The Balaban J connectivity index is 2.09. The average Bonchev–Trinajstić information content (AvgIpc) is 2.47. The quantitative estimate of drug-likeness (QED) is 0.721. The third-order valence-corrected chi connectivity index (χ3v) is 4.84. The Morgan fingerprint density at radius 1 is 1.15 bits per heavy atom. The number of nitrogens with one attached hydrogen (secondary N) is 1. The molecule has 1 unspecified atom stereocenters. The molecule has 0 amide bonds. The lowest BCUT2D eigenvalue weighted by molar-refractivity contribution is 0.651. The van der Waals surface area contributed by atoms with Gasteiger partial charge in [0.2, 0.25) is 0 Å². The van der Waals surface area contributed by atoms with E-state index in [0.29, 0.717) is 6.04 Å². The van der Waals surface area contributed by atoms with Gasteiger partial charge in [0.05, 0.1) is 0 Å². The van der Waals surface area contributed by atoms with E-state index in [-0.39, 0.29) is 0 Å². The van der Waals surface area contributed by atoms with Gasteiger partial charge in [-0.1, -0.05) is 35.3 Å². The van der Waals surface area contributed by atoms with Crippen molar-refractivity contribution in [1.29, 1.82) is 0 Å². The van der Waals surface area contributed by atoms with Crippen LogP contribution in [0.15, 0.2) is 47.4 Å². The molecule has 0 radical (unpaired) electrons. The molecule has 1 atom stereocenters. The summed E-state index contributed by atoms with van der Waals surface area (Å²) in [6.45, 7) is 2.15. The maximum atomic E-state index is 6.18. The summed E-state index contributed by atoms with van der Waals surface area (Å²) in [5.41, 5.74) is 2.35. The van der Waals surface area contributed by atoms with Crippen molar-refractivity contribution in [3.05, 3.63) is 63.6 Å². The van der Waals surface area contributed by atoms with Gasteiger partial charge in [-0.15, -0.1) is 11.8 Å². The molecule has 0 heterocycles. The molecule has 2 aromatic carbocycles. The standard InChI is InChI=1S/C16H17Cl2NS/c1-11(19-2)12-4-3-5-15(9-12)20-10-13-8-14(17)6-7-16(13)18/h3-9,11,19H,10H2,1-2H3. The van der Waals surface area contributed by atoms with Gasteiger partial charge < -0.3 is 5.32 Å². The smallest absolute Gasteiger partial charge is 0.0447 e. The molecule has 4 heteroatoms. The second kappa shape index (κ2) is 7.37. The third kappa shape index (κ3) is 4.16. The number of hydrogen-bond donors (Lipinski definition) is 1. The zero-order valence-electron chi connectivity index (χ0n) is 11.5. The van der Waals surface area contributed by atoms with Crippen molar-refractivity contribution in [3.63, 3.8) is 0 Å². The van der Waals surface area contributed by atoms with Gasteiger partial charge in [0, 0.05) is 26.7 Å². The Morgan fingerprint density at radius 3 is 2.70 bits per heavy atom. The van der Waals surface area contributed by atoms with Crippen LogP contribution in [0.1, 0.15) is 24.1 Å². The molecule has 20 heavy (non-hydrogen) atoms. The summed E-state index contributed by atoms with van der Waals surface area (Å²) >= 11 is 14.0. The van der Waals surface area contributed by atoms with Gasteiger partial charge in [0.1, 0.15) is 0 Å². The van der Waals surface area contributed by atoms with Crippen molar-refractivity contribution in [1.82, 2.24) is 5.32 Å². The Bertz CT molecular complexity index is 586. The van der Waals surface area contributed by atoms with Gasteiger partial charge in [-0.25, -0.2) is 0 Å². The van der Waals surface area contributed by atoms with Gasteiger partial charge in [0.25, 0.3) is 0 Å². The molecule has 0 spiro atoms. The van der Waals surface area contributed by atoms with Crippen molar-refractivity contribution < 1.29 is 0 Å². The molecule has 106 valence electrons. The number of hydrogen-bond acceptors (Lipinski definition) is 2. The van der Waals surface area contributed by atoms with E-state index >= 15 is 0 Å². The van der Waals surface area contributed by atoms with Crippen LogP contribution < -0.4 is 5.32 Å². The lowest BCUT2D eigenvalue weighted by atomic mass is 10.1. The van der Waals surface area contributed by atoms with E-state index < -0.39 is 0 Å². The molecular formula is C16H17Cl2NS. The lowest BCUT2D eigenvalue weighted by Crippen LogP contribution is -2.11. The normalized spacial score (nSPS) is 12.4. The van der Waals surface area contributed by atoms with Crippen molar-refractivity contribution >= 4 is 35.0 Å². The number of halogens is 2. The van der Waals surface area contributed by atoms with E-state index in [2.05, 4.69) is 36.5 Å². The monoisotopic (exact) mass is 325 g/mol. The predicted octanol–water partition coefficient (Wildman–Crippen LogP) is 5.57. The predicted molar refractivity (Wildman–Crippen MR) is 89.9 cm³/mol. The summed E-state index contributed by atoms with van der Waals surface area (Å²) in [5.74, 6) is 0.816. The molecule has 0 bridgehead atoms. The zero-order valence-corrected chi connectivity index (χ0v) is 13.8. The fourth-order valence-electron chi connectivity index (χ4n) is 1.86. The number of benzene rings is 2. The van der Waals surface area contributed by atoms with Gasteiger partial charge >= 0.3 is 0 Å². The molecule has 0 fully saturated rings. The lowest BCUT2D eigenvalue weighted by Gasteiger charge is -2.12. The third-order valence-electron chi connectivity index (χ3n) is 3.19. The second-order valence-corrected chi connectivity index (χ2v) is 6.50. The van der Waals surface area contributed by atoms with Crippen LogP contribution in [-0.4, -0.2) is 7.05 Å². The summed E-state index contributed by atoms with van der Waals surface area (Å²) in [7, 11) is 1.97. The van der Waals surface area contributed by atoms with Crippen LogP contribution in [0.25, 0.3) is 0 Å². The van der Waals surface area contributed by atoms with E-state index in [9.17, 15) is 0 Å². The van der Waals surface area contributed by atoms with E-state index in [4.69, 9.17) is 23.2 Å². The summed E-state index contributed by atoms with van der Waals surface area (Å²) in [4.78, 5) is 1.24. The van der Waals surface area contributed by atoms with Crippen molar-refractivity contribution in [3.8, 4) is 0 Å². The Labute approximate surface area is 134 Å². The van der Waals surface area contributed by atoms with Gasteiger partial charge in [-0.3, -0.25) is 0 Å². The summed E-state index contributed by atoms with van der Waals surface area (Å²) in [6.07, 6.45) is 0. The molecule has 0 aliphatic heterocycles. The summed E-state index contributed by atoms with van der Waals surface area (Å²) < 4.78 is 0. The Kier molecular flexibility index (Phi) is 5.79. The largest absolute Gasteiger partial charge is 0.313 e. The fraction of sp³-hybridized carbons (Fsp3) is 0.250.